The molecule has 2 heterocycles. The smallest absolute Gasteiger partial charge is 0.166 e. The first-order chi connectivity index (χ1) is 8.67. The molecule has 0 aliphatic rings. The van der Waals surface area contributed by atoms with Crippen molar-refractivity contribution < 1.29 is 9.59 Å². The minimum Gasteiger partial charge on any atom is -0.350 e. The van der Waals surface area contributed by atoms with Crippen molar-refractivity contribution in [2.45, 2.75) is 13.8 Å². The van der Waals surface area contributed by atoms with Crippen LogP contribution in [0.1, 0.15) is 32.1 Å². The van der Waals surface area contributed by atoms with Gasteiger partial charge in [-0.15, -0.1) is 0 Å². The monoisotopic (exact) mass is 240 g/mol. The Morgan fingerprint density at radius 2 is 1.22 bits per heavy atom. The number of nitrogens with one attached hydrogen (secondary N) is 2. The molecule has 0 atom stereocenters. The third-order valence-electron chi connectivity index (χ3n) is 3.58. The van der Waals surface area contributed by atoms with Crippen molar-refractivity contribution in [2.24, 2.45) is 0 Å². The number of hydrogen-bond donors (Lipinski definition) is 2. The van der Waals surface area contributed by atoms with Gasteiger partial charge in [0.25, 0.3) is 0 Å². The van der Waals surface area contributed by atoms with Gasteiger partial charge in [0.2, 0.25) is 0 Å². The molecular formula is C14H12N2O2. The van der Waals surface area contributed by atoms with E-state index in [2.05, 4.69) is 9.97 Å². The Morgan fingerprint density at radius 3 is 1.56 bits per heavy atom. The number of fused-ring (bicyclic) bond motifs is 3. The van der Waals surface area contributed by atoms with E-state index in [1.807, 2.05) is 26.0 Å². The number of carbonyl (C=O) groups is 2. The second kappa shape index (κ2) is 3.57. The molecule has 2 aromatic heterocycles. The molecule has 1 aromatic carbocycles. The molecule has 0 bridgehead atoms. The first kappa shape index (κ1) is 10.8. The van der Waals surface area contributed by atoms with E-state index in [1.54, 1.807) is 0 Å². The number of aryl methyl sites for hydroxylation is 2. The molecule has 0 saturated heterocycles. The average Bonchev–Trinajstić information content (AvgIpc) is 2.88. The predicted molar refractivity (Wildman–Crippen MR) is 70.4 cm³/mol. The molecule has 18 heavy (non-hydrogen) atoms. The number of H-pyrrole nitrogens is 2. The normalized spacial score (nSPS) is 11.2. The predicted octanol–water partition coefficient (Wildman–Crippen LogP) is 2.89. The van der Waals surface area contributed by atoms with Crippen LogP contribution in [0.3, 0.4) is 0 Å². The number of aldehydes is 2. The first-order valence-corrected chi connectivity index (χ1v) is 5.71. The van der Waals surface area contributed by atoms with E-state index in [4.69, 9.17) is 0 Å². The van der Waals surface area contributed by atoms with Crippen molar-refractivity contribution >= 4 is 34.4 Å². The SMILES string of the molecule is Cc1c(C=O)[nH]c2c1ccc1c(C)c(C=O)[nH]c12. The Kier molecular flexibility index (Phi) is 2.13. The zero-order valence-corrected chi connectivity index (χ0v) is 10.1. The lowest BCUT2D eigenvalue weighted by molar-refractivity contribution is 0.111. The van der Waals surface area contributed by atoms with Crippen molar-refractivity contribution in [3.05, 3.63) is 34.6 Å². The van der Waals surface area contributed by atoms with E-state index >= 15 is 0 Å². The maximum absolute atomic E-state index is 11.0. The number of aromatic nitrogens is 2. The lowest BCUT2D eigenvalue weighted by atomic mass is 10.1. The van der Waals surface area contributed by atoms with Crippen molar-refractivity contribution in [1.82, 2.24) is 9.97 Å². The lowest BCUT2D eigenvalue weighted by Gasteiger charge is -1.94. The molecular weight excluding hydrogens is 228 g/mol. The highest BCUT2D eigenvalue weighted by molar-refractivity contribution is 6.09. The maximum atomic E-state index is 11.0. The molecule has 0 aliphatic carbocycles. The zero-order valence-electron chi connectivity index (χ0n) is 10.1. The highest BCUT2D eigenvalue weighted by Crippen LogP contribution is 2.30. The van der Waals surface area contributed by atoms with E-state index in [-0.39, 0.29) is 0 Å². The van der Waals surface area contributed by atoms with Crippen molar-refractivity contribution in [3.8, 4) is 0 Å². The van der Waals surface area contributed by atoms with Crippen LogP contribution in [0, 0.1) is 13.8 Å². The summed E-state index contributed by atoms with van der Waals surface area (Å²) < 4.78 is 0. The van der Waals surface area contributed by atoms with Crippen molar-refractivity contribution in [3.63, 3.8) is 0 Å². The number of hydrogen-bond acceptors (Lipinski definition) is 2. The fourth-order valence-corrected chi connectivity index (χ4v) is 2.47. The maximum Gasteiger partial charge on any atom is 0.166 e. The standard InChI is InChI=1S/C14H12N2O2/c1-7-9-3-4-10-8(2)12(6-18)16-14(10)13(9)15-11(7)5-17/h3-6,15-16H,1-2H3. The summed E-state index contributed by atoms with van der Waals surface area (Å²) in [5, 5.41) is 2.01. The van der Waals surface area contributed by atoms with Gasteiger partial charge in [0.1, 0.15) is 0 Å². The Morgan fingerprint density at radius 1 is 0.833 bits per heavy atom. The van der Waals surface area contributed by atoms with Gasteiger partial charge in [-0.3, -0.25) is 9.59 Å². The molecule has 2 N–H and O–H groups in total. The van der Waals surface area contributed by atoms with Gasteiger partial charge in [-0.1, -0.05) is 12.1 Å². The average molecular weight is 240 g/mol. The number of carbonyl (C=O) groups excluding carboxylic acids is 2. The van der Waals surface area contributed by atoms with Crippen LogP contribution >= 0.6 is 0 Å². The van der Waals surface area contributed by atoms with Gasteiger partial charge in [-0.25, -0.2) is 0 Å². The summed E-state index contributed by atoms with van der Waals surface area (Å²) in [6.45, 7) is 3.82. The molecule has 0 spiro atoms. The summed E-state index contributed by atoms with van der Waals surface area (Å²) in [5.41, 5.74) is 4.78. The third kappa shape index (κ3) is 1.20. The highest BCUT2D eigenvalue weighted by Gasteiger charge is 2.13. The second-order valence-electron chi connectivity index (χ2n) is 4.47. The Bertz CT molecular complexity index is 726. The van der Waals surface area contributed by atoms with E-state index in [0.717, 1.165) is 45.5 Å². The third-order valence-corrected chi connectivity index (χ3v) is 3.58. The summed E-state index contributed by atoms with van der Waals surface area (Å²) in [4.78, 5) is 28.1. The van der Waals surface area contributed by atoms with E-state index in [0.29, 0.717) is 11.4 Å². The van der Waals surface area contributed by atoms with Crippen LogP contribution in [0.15, 0.2) is 12.1 Å². The molecule has 4 heteroatoms. The zero-order chi connectivity index (χ0) is 12.9. The molecule has 0 amide bonds. The van der Waals surface area contributed by atoms with E-state index in [1.165, 1.54) is 0 Å². The topological polar surface area (TPSA) is 65.7 Å². The number of rotatable bonds is 2. The van der Waals surface area contributed by atoms with Crippen LogP contribution in [0.25, 0.3) is 21.8 Å². The van der Waals surface area contributed by atoms with Gasteiger partial charge in [0, 0.05) is 10.8 Å². The number of benzene rings is 1. The fourth-order valence-electron chi connectivity index (χ4n) is 2.47. The van der Waals surface area contributed by atoms with Gasteiger partial charge in [-0.2, -0.15) is 0 Å². The van der Waals surface area contributed by atoms with Crippen LogP contribution in [-0.2, 0) is 0 Å². The Labute approximate surface area is 103 Å². The molecule has 4 nitrogen and oxygen atoms in total. The van der Waals surface area contributed by atoms with Gasteiger partial charge < -0.3 is 9.97 Å². The van der Waals surface area contributed by atoms with Gasteiger partial charge in [-0.05, 0) is 25.0 Å². The van der Waals surface area contributed by atoms with Crippen LogP contribution in [-0.4, -0.2) is 22.5 Å². The Hall–Kier alpha value is -2.36. The van der Waals surface area contributed by atoms with Crippen molar-refractivity contribution in [2.75, 3.05) is 0 Å². The molecule has 0 aliphatic heterocycles. The van der Waals surface area contributed by atoms with E-state index < -0.39 is 0 Å². The molecule has 3 aromatic rings. The summed E-state index contributed by atoms with van der Waals surface area (Å²) in [6.07, 6.45) is 1.63. The van der Waals surface area contributed by atoms with Crippen LogP contribution in [0.4, 0.5) is 0 Å². The quantitative estimate of drug-likeness (QED) is 0.676. The molecule has 3 rings (SSSR count). The molecule has 0 saturated carbocycles. The largest absolute Gasteiger partial charge is 0.350 e. The van der Waals surface area contributed by atoms with Gasteiger partial charge >= 0.3 is 0 Å². The fraction of sp³-hybridized carbons (Fsp3) is 0.143. The van der Waals surface area contributed by atoms with E-state index in [9.17, 15) is 9.59 Å². The highest BCUT2D eigenvalue weighted by atomic mass is 16.1. The molecule has 0 fully saturated rings. The summed E-state index contributed by atoms with van der Waals surface area (Å²) in [6, 6.07) is 3.96. The van der Waals surface area contributed by atoms with Gasteiger partial charge in [0.05, 0.1) is 22.4 Å². The van der Waals surface area contributed by atoms with Crippen LogP contribution < -0.4 is 0 Å². The minimum atomic E-state index is 0.581. The lowest BCUT2D eigenvalue weighted by Crippen LogP contribution is -1.81. The van der Waals surface area contributed by atoms with Crippen molar-refractivity contribution in [1.29, 1.82) is 0 Å². The second-order valence-corrected chi connectivity index (χ2v) is 4.47. The number of aromatic amines is 2. The first-order valence-electron chi connectivity index (χ1n) is 5.71. The minimum absolute atomic E-state index is 0.581. The van der Waals surface area contributed by atoms with Crippen LogP contribution in [0.2, 0.25) is 0 Å². The molecule has 0 radical (unpaired) electrons. The van der Waals surface area contributed by atoms with Gasteiger partial charge in [0.15, 0.2) is 12.6 Å². The molecule has 90 valence electrons. The summed E-state index contributed by atoms with van der Waals surface area (Å²) in [5.74, 6) is 0. The Balaban J connectivity index is 2.53. The van der Waals surface area contributed by atoms with Crippen LogP contribution in [0.5, 0.6) is 0 Å². The molecule has 0 unspecified atom stereocenters. The summed E-state index contributed by atoms with van der Waals surface area (Å²) in [7, 11) is 0. The summed E-state index contributed by atoms with van der Waals surface area (Å²) >= 11 is 0.